The number of aromatic nitrogens is 1. The number of nitrogens with zero attached hydrogens (tertiary/aromatic N) is 4. The lowest BCUT2D eigenvalue weighted by Gasteiger charge is -2.25. The molecule has 0 saturated carbocycles. The molecule has 214 valence electrons. The largest absolute Gasteiger partial charge is 0.477 e. The monoisotopic (exact) mass is 560 g/mol. The van der Waals surface area contributed by atoms with Crippen molar-refractivity contribution in [1.82, 2.24) is 20.1 Å². The van der Waals surface area contributed by atoms with Gasteiger partial charge in [0.1, 0.15) is 23.1 Å². The molecule has 2 aromatic heterocycles. The summed E-state index contributed by atoms with van der Waals surface area (Å²) in [7, 11) is 0. The highest BCUT2D eigenvalue weighted by Crippen LogP contribution is 2.23. The molecule has 1 atom stereocenters. The van der Waals surface area contributed by atoms with E-state index < -0.39 is 17.9 Å². The van der Waals surface area contributed by atoms with Crippen molar-refractivity contribution in [3.05, 3.63) is 59.6 Å². The minimum atomic E-state index is -1.26. The molecule has 0 spiro atoms. The van der Waals surface area contributed by atoms with E-state index in [0.29, 0.717) is 37.3 Å². The molecule has 3 aromatic rings. The molecular weight excluding hydrogens is 528 g/mol. The first-order valence-electron chi connectivity index (χ1n) is 13.7. The second-order valence-corrected chi connectivity index (χ2v) is 10.3. The molecule has 1 aromatic carbocycles. The van der Waals surface area contributed by atoms with Gasteiger partial charge in [-0.05, 0) is 75.4 Å². The summed E-state index contributed by atoms with van der Waals surface area (Å²) in [5, 5.41) is 15.9. The number of aromatic carboxylic acids is 1. The Morgan fingerprint density at radius 3 is 2.63 bits per heavy atom. The van der Waals surface area contributed by atoms with Gasteiger partial charge in [-0.3, -0.25) is 19.7 Å². The molecule has 2 saturated heterocycles. The number of nitrogens with one attached hydrogen (secondary N) is 2. The standard InChI is InChI=1S/C29H32N6O6/c1-18-14-20-15-21(7-8-24(20)41-18)31-29(33-26(37)19-9-10-30-23(16-19)28(39)40)32-22-6-2-3-13-35(27(22)38)17-25(36)34-11-4-5-12-34/h7-10,14-16,22H,2-6,11-13,17H2,1H3,(H,39,40)(H2,31,32,33,37). The molecule has 0 radical (unpaired) electrons. The Morgan fingerprint density at radius 2 is 1.85 bits per heavy atom. The van der Waals surface area contributed by atoms with E-state index >= 15 is 0 Å². The van der Waals surface area contributed by atoms with Crippen LogP contribution in [0.5, 0.6) is 0 Å². The fourth-order valence-electron chi connectivity index (χ4n) is 5.10. The van der Waals surface area contributed by atoms with Crippen molar-refractivity contribution < 1.29 is 28.7 Å². The van der Waals surface area contributed by atoms with E-state index in [1.807, 2.05) is 19.1 Å². The number of hydrogen-bond donors (Lipinski definition) is 3. The van der Waals surface area contributed by atoms with Gasteiger partial charge in [-0.1, -0.05) is 0 Å². The molecule has 41 heavy (non-hydrogen) atoms. The number of guanidine groups is 1. The predicted octanol–water partition coefficient (Wildman–Crippen LogP) is 3.04. The maximum absolute atomic E-state index is 13.6. The first kappa shape index (κ1) is 27.8. The van der Waals surface area contributed by atoms with Crippen LogP contribution in [-0.4, -0.2) is 81.8 Å². The van der Waals surface area contributed by atoms with Crippen molar-refractivity contribution in [2.24, 2.45) is 4.99 Å². The Bertz CT molecular complexity index is 1510. The third kappa shape index (κ3) is 6.71. The van der Waals surface area contributed by atoms with E-state index in [2.05, 4.69) is 20.6 Å². The van der Waals surface area contributed by atoms with E-state index in [9.17, 15) is 24.3 Å². The molecule has 3 amide bonds. The van der Waals surface area contributed by atoms with Gasteiger partial charge >= 0.3 is 5.97 Å². The van der Waals surface area contributed by atoms with Crippen LogP contribution >= 0.6 is 0 Å². The van der Waals surface area contributed by atoms with E-state index in [1.54, 1.807) is 21.9 Å². The number of anilines is 1. The Kier molecular flexibility index (Phi) is 8.27. The van der Waals surface area contributed by atoms with Gasteiger partial charge in [0.2, 0.25) is 17.8 Å². The number of carboxylic acids is 1. The molecule has 2 fully saturated rings. The van der Waals surface area contributed by atoms with Gasteiger partial charge in [0.25, 0.3) is 5.91 Å². The molecular formula is C29H32N6O6. The number of furan rings is 1. The fraction of sp³-hybridized carbons (Fsp3) is 0.379. The highest BCUT2D eigenvalue weighted by atomic mass is 16.4. The summed E-state index contributed by atoms with van der Waals surface area (Å²) in [6.07, 6.45) is 5.09. The summed E-state index contributed by atoms with van der Waals surface area (Å²) in [6.45, 7) is 3.73. The SMILES string of the molecule is Cc1cc2cc(NC(=NC3CCCCN(CC(=O)N4CCCC4)C3=O)NC(=O)c3ccnc(C(=O)O)c3)ccc2o1. The molecule has 2 aliphatic rings. The number of carbonyl (C=O) groups is 4. The maximum atomic E-state index is 13.6. The topological polar surface area (TPSA) is 157 Å². The number of likely N-dealkylation sites (tertiary alicyclic amines) is 2. The van der Waals surface area contributed by atoms with Crippen LogP contribution in [-0.2, 0) is 9.59 Å². The number of aryl methyl sites for hydroxylation is 1. The molecule has 1 unspecified atom stereocenters. The van der Waals surface area contributed by atoms with Crippen molar-refractivity contribution in [1.29, 1.82) is 0 Å². The van der Waals surface area contributed by atoms with Gasteiger partial charge in [0.15, 0.2) is 0 Å². The lowest BCUT2D eigenvalue weighted by molar-refractivity contribution is -0.140. The highest BCUT2D eigenvalue weighted by Gasteiger charge is 2.30. The number of rotatable bonds is 6. The Labute approximate surface area is 236 Å². The molecule has 3 N–H and O–H groups in total. The van der Waals surface area contributed by atoms with Crippen molar-refractivity contribution in [2.75, 3.05) is 31.5 Å². The summed E-state index contributed by atoms with van der Waals surface area (Å²) >= 11 is 0. The molecule has 12 heteroatoms. The van der Waals surface area contributed by atoms with Gasteiger partial charge in [-0.15, -0.1) is 0 Å². The number of aliphatic imine (C=N–C) groups is 1. The van der Waals surface area contributed by atoms with Crippen LogP contribution in [0.4, 0.5) is 5.69 Å². The number of pyridine rings is 1. The molecule has 2 aliphatic heterocycles. The van der Waals surface area contributed by atoms with Crippen LogP contribution in [0.2, 0.25) is 0 Å². The highest BCUT2D eigenvalue weighted by molar-refractivity contribution is 6.11. The van der Waals surface area contributed by atoms with Gasteiger partial charge in [-0.2, -0.15) is 0 Å². The third-order valence-corrected chi connectivity index (χ3v) is 7.20. The quantitative estimate of drug-likeness (QED) is 0.307. The normalized spacial score (nSPS) is 17.9. The van der Waals surface area contributed by atoms with Crippen LogP contribution in [0.15, 0.2) is 52.0 Å². The van der Waals surface area contributed by atoms with E-state index in [-0.39, 0.29) is 35.6 Å². The summed E-state index contributed by atoms with van der Waals surface area (Å²) in [5.41, 5.74) is 1.09. The van der Waals surface area contributed by atoms with Crippen LogP contribution in [0.25, 0.3) is 11.0 Å². The van der Waals surface area contributed by atoms with Crippen molar-refractivity contribution in [3.63, 3.8) is 0 Å². The van der Waals surface area contributed by atoms with Crippen molar-refractivity contribution in [2.45, 2.75) is 45.1 Å². The van der Waals surface area contributed by atoms with Crippen LogP contribution in [0.1, 0.15) is 58.7 Å². The van der Waals surface area contributed by atoms with Gasteiger partial charge in [0.05, 0.1) is 6.54 Å². The maximum Gasteiger partial charge on any atom is 0.354 e. The predicted molar refractivity (Wildman–Crippen MR) is 151 cm³/mol. The molecule has 4 heterocycles. The summed E-state index contributed by atoms with van der Waals surface area (Å²) in [5.74, 6) is -1.45. The van der Waals surface area contributed by atoms with Gasteiger partial charge in [-0.25, -0.2) is 14.8 Å². The Hall–Kier alpha value is -4.74. The molecule has 12 nitrogen and oxygen atoms in total. The van der Waals surface area contributed by atoms with Crippen molar-refractivity contribution in [3.8, 4) is 0 Å². The van der Waals surface area contributed by atoms with E-state index in [4.69, 9.17) is 4.42 Å². The number of carbonyl (C=O) groups excluding carboxylic acids is 3. The van der Waals surface area contributed by atoms with E-state index in [1.165, 1.54) is 12.3 Å². The third-order valence-electron chi connectivity index (χ3n) is 7.20. The fourth-order valence-corrected chi connectivity index (χ4v) is 5.10. The lowest BCUT2D eigenvalue weighted by Crippen LogP contribution is -2.45. The number of hydrogen-bond acceptors (Lipinski definition) is 7. The van der Waals surface area contributed by atoms with E-state index in [0.717, 1.165) is 42.9 Å². The summed E-state index contributed by atoms with van der Waals surface area (Å²) in [6, 6.07) is 8.99. The second kappa shape index (κ2) is 12.2. The number of amides is 3. The smallest absolute Gasteiger partial charge is 0.354 e. The number of fused-ring (bicyclic) bond motifs is 1. The Morgan fingerprint density at radius 1 is 1.07 bits per heavy atom. The summed E-state index contributed by atoms with van der Waals surface area (Å²) in [4.78, 5) is 62.6. The Balaban J connectivity index is 1.41. The zero-order chi connectivity index (χ0) is 28.9. The molecule has 0 aliphatic carbocycles. The first-order valence-corrected chi connectivity index (χ1v) is 13.7. The van der Waals surface area contributed by atoms with Crippen LogP contribution < -0.4 is 10.6 Å². The minimum absolute atomic E-state index is 0.00542. The average Bonchev–Trinajstić information content (AvgIpc) is 3.59. The minimum Gasteiger partial charge on any atom is -0.477 e. The first-order chi connectivity index (χ1) is 19.8. The zero-order valence-electron chi connectivity index (χ0n) is 22.8. The second-order valence-electron chi connectivity index (χ2n) is 10.3. The van der Waals surface area contributed by atoms with Crippen LogP contribution in [0.3, 0.4) is 0 Å². The zero-order valence-corrected chi connectivity index (χ0v) is 22.8. The van der Waals surface area contributed by atoms with Gasteiger partial charge in [0, 0.05) is 42.5 Å². The number of carboxylic acid groups (broad SMARTS) is 1. The van der Waals surface area contributed by atoms with Crippen molar-refractivity contribution >= 4 is 46.3 Å². The average molecular weight is 561 g/mol. The lowest BCUT2D eigenvalue weighted by atomic mass is 10.1. The molecule has 0 bridgehead atoms. The summed E-state index contributed by atoms with van der Waals surface area (Å²) < 4.78 is 5.65. The molecule has 5 rings (SSSR count). The van der Waals surface area contributed by atoms with Gasteiger partial charge < -0.3 is 24.6 Å². The number of benzene rings is 1. The van der Waals surface area contributed by atoms with Crippen LogP contribution in [0, 0.1) is 6.92 Å².